The highest BCUT2D eigenvalue weighted by Gasteiger charge is 2.15. The van der Waals surface area contributed by atoms with Crippen LogP contribution in [0.5, 0.6) is 11.5 Å². The predicted molar refractivity (Wildman–Crippen MR) is 79.3 cm³/mol. The highest BCUT2D eigenvalue weighted by molar-refractivity contribution is 5.94. The molecular formula is C15H11N3O3. The van der Waals surface area contributed by atoms with E-state index in [-0.39, 0.29) is 5.69 Å². The lowest BCUT2D eigenvalue weighted by Gasteiger charge is -2.09. The van der Waals surface area contributed by atoms with E-state index < -0.39 is 4.92 Å². The number of nitrogen functional groups attached to an aromatic ring is 1. The number of non-ortho nitro benzene ring substituents is 1. The maximum Gasteiger partial charge on any atom is 0.277 e. The Morgan fingerprint density at radius 3 is 2.76 bits per heavy atom. The fourth-order valence-electron chi connectivity index (χ4n) is 2.10. The van der Waals surface area contributed by atoms with Gasteiger partial charge in [-0.1, -0.05) is 6.07 Å². The molecule has 0 bridgehead atoms. The van der Waals surface area contributed by atoms with Crippen LogP contribution in [0.4, 0.5) is 11.4 Å². The number of aromatic nitrogens is 1. The molecule has 1 aromatic heterocycles. The van der Waals surface area contributed by atoms with Crippen molar-refractivity contribution >= 4 is 22.1 Å². The summed E-state index contributed by atoms with van der Waals surface area (Å²) in [5, 5.41) is 12.1. The summed E-state index contributed by atoms with van der Waals surface area (Å²) in [5.74, 6) is 1.06. The van der Waals surface area contributed by atoms with Gasteiger partial charge in [-0.3, -0.25) is 15.1 Å². The number of hydrogen-bond acceptors (Lipinski definition) is 5. The molecule has 0 amide bonds. The second kappa shape index (κ2) is 5.09. The van der Waals surface area contributed by atoms with Gasteiger partial charge in [-0.05, 0) is 24.3 Å². The first-order chi connectivity index (χ1) is 10.1. The van der Waals surface area contributed by atoms with Crippen molar-refractivity contribution in [2.45, 2.75) is 0 Å². The first-order valence-corrected chi connectivity index (χ1v) is 6.19. The summed E-state index contributed by atoms with van der Waals surface area (Å²) in [7, 11) is 0. The minimum atomic E-state index is -0.424. The van der Waals surface area contributed by atoms with Gasteiger partial charge in [-0.2, -0.15) is 0 Å². The van der Waals surface area contributed by atoms with Crippen molar-refractivity contribution < 1.29 is 9.66 Å². The third-order valence-corrected chi connectivity index (χ3v) is 3.04. The summed E-state index contributed by atoms with van der Waals surface area (Å²) in [6.07, 6.45) is 3.06. The third kappa shape index (κ3) is 2.46. The molecule has 2 N–H and O–H groups in total. The van der Waals surface area contributed by atoms with E-state index in [4.69, 9.17) is 10.5 Å². The SMILES string of the molecule is Nc1cccc(Oc2ccc([N+](=O)[O-])c3ccncc23)c1. The molecule has 2 aromatic carbocycles. The van der Waals surface area contributed by atoms with Crippen LogP contribution in [-0.4, -0.2) is 9.91 Å². The second-order valence-electron chi connectivity index (χ2n) is 4.44. The maximum absolute atomic E-state index is 11.1. The normalized spacial score (nSPS) is 10.5. The second-order valence-corrected chi connectivity index (χ2v) is 4.44. The van der Waals surface area contributed by atoms with Crippen LogP contribution in [0.25, 0.3) is 10.8 Å². The number of benzene rings is 2. The molecule has 3 aromatic rings. The molecule has 0 aliphatic carbocycles. The highest BCUT2D eigenvalue weighted by Crippen LogP contribution is 2.34. The molecule has 6 nitrogen and oxygen atoms in total. The van der Waals surface area contributed by atoms with Crippen LogP contribution in [0, 0.1) is 10.1 Å². The number of anilines is 1. The Labute approximate surface area is 119 Å². The van der Waals surface area contributed by atoms with Crippen molar-refractivity contribution in [3.63, 3.8) is 0 Å². The van der Waals surface area contributed by atoms with Gasteiger partial charge in [0.2, 0.25) is 0 Å². The Bertz CT molecular complexity index is 833. The lowest BCUT2D eigenvalue weighted by Crippen LogP contribution is -1.93. The molecular weight excluding hydrogens is 270 g/mol. The summed E-state index contributed by atoms with van der Waals surface area (Å²) in [4.78, 5) is 14.6. The minimum Gasteiger partial charge on any atom is -0.457 e. The Morgan fingerprint density at radius 2 is 2.00 bits per heavy atom. The van der Waals surface area contributed by atoms with E-state index in [1.54, 1.807) is 42.6 Å². The number of nitrogens with two attached hydrogens (primary N) is 1. The number of nitrogens with zero attached hydrogens (tertiary/aromatic N) is 2. The number of ether oxygens (including phenoxy) is 1. The maximum atomic E-state index is 11.1. The van der Waals surface area contributed by atoms with Crippen LogP contribution >= 0.6 is 0 Å². The number of nitro benzene ring substituents is 1. The molecule has 104 valence electrons. The van der Waals surface area contributed by atoms with Crippen LogP contribution in [0.1, 0.15) is 0 Å². The molecule has 0 aliphatic heterocycles. The average molecular weight is 281 g/mol. The van der Waals surface area contributed by atoms with Crippen molar-refractivity contribution in [2.75, 3.05) is 5.73 Å². The van der Waals surface area contributed by atoms with Crippen LogP contribution in [-0.2, 0) is 0 Å². The Balaban J connectivity index is 2.12. The van der Waals surface area contributed by atoms with Gasteiger partial charge in [0.15, 0.2) is 0 Å². The summed E-state index contributed by atoms with van der Waals surface area (Å²) in [6, 6.07) is 11.6. The van der Waals surface area contributed by atoms with E-state index in [1.165, 1.54) is 12.3 Å². The zero-order valence-corrected chi connectivity index (χ0v) is 10.9. The van der Waals surface area contributed by atoms with Gasteiger partial charge in [0.25, 0.3) is 5.69 Å². The van der Waals surface area contributed by atoms with Gasteiger partial charge in [0.05, 0.1) is 10.3 Å². The van der Waals surface area contributed by atoms with Crippen molar-refractivity contribution in [3.05, 3.63) is 65.0 Å². The molecule has 0 aliphatic rings. The standard InChI is InChI=1S/C15H11N3O3/c16-10-2-1-3-11(8-10)21-15-5-4-14(18(19)20)12-6-7-17-9-13(12)15/h1-9H,16H2. The molecule has 6 heteroatoms. The lowest BCUT2D eigenvalue weighted by atomic mass is 10.1. The van der Waals surface area contributed by atoms with Crippen molar-refractivity contribution in [1.82, 2.24) is 4.98 Å². The molecule has 0 saturated heterocycles. The van der Waals surface area contributed by atoms with Gasteiger partial charge in [-0.15, -0.1) is 0 Å². The smallest absolute Gasteiger partial charge is 0.277 e. The quantitative estimate of drug-likeness (QED) is 0.450. The van der Waals surface area contributed by atoms with Gasteiger partial charge < -0.3 is 10.5 Å². The van der Waals surface area contributed by atoms with Gasteiger partial charge >= 0.3 is 0 Å². The van der Waals surface area contributed by atoms with Crippen molar-refractivity contribution in [3.8, 4) is 11.5 Å². The molecule has 1 heterocycles. The van der Waals surface area contributed by atoms with E-state index in [1.807, 2.05) is 0 Å². The largest absolute Gasteiger partial charge is 0.457 e. The summed E-state index contributed by atoms with van der Waals surface area (Å²) in [6.45, 7) is 0. The fourth-order valence-corrected chi connectivity index (χ4v) is 2.10. The molecule has 0 fully saturated rings. The van der Waals surface area contributed by atoms with Gasteiger partial charge in [-0.25, -0.2) is 0 Å². The molecule has 0 spiro atoms. The summed E-state index contributed by atoms with van der Waals surface area (Å²) in [5.41, 5.74) is 6.31. The Kier molecular flexibility index (Phi) is 3.12. The topological polar surface area (TPSA) is 91.3 Å². The highest BCUT2D eigenvalue weighted by atomic mass is 16.6. The lowest BCUT2D eigenvalue weighted by molar-refractivity contribution is -0.383. The summed E-state index contributed by atoms with van der Waals surface area (Å²) >= 11 is 0. The van der Waals surface area contributed by atoms with E-state index in [9.17, 15) is 10.1 Å². The molecule has 0 atom stereocenters. The van der Waals surface area contributed by atoms with Crippen LogP contribution in [0.2, 0.25) is 0 Å². The molecule has 0 radical (unpaired) electrons. The van der Waals surface area contributed by atoms with E-state index in [0.29, 0.717) is 28.0 Å². The first-order valence-electron chi connectivity index (χ1n) is 6.19. The van der Waals surface area contributed by atoms with Gasteiger partial charge in [0, 0.05) is 35.6 Å². The van der Waals surface area contributed by atoms with Crippen molar-refractivity contribution in [2.24, 2.45) is 0 Å². The number of rotatable bonds is 3. The van der Waals surface area contributed by atoms with Crippen LogP contribution in [0.15, 0.2) is 54.9 Å². The van der Waals surface area contributed by atoms with E-state index >= 15 is 0 Å². The van der Waals surface area contributed by atoms with Crippen LogP contribution in [0.3, 0.4) is 0 Å². The number of nitro groups is 1. The predicted octanol–water partition coefficient (Wildman–Crippen LogP) is 3.52. The number of fused-ring (bicyclic) bond motifs is 1. The first kappa shape index (κ1) is 12.9. The van der Waals surface area contributed by atoms with E-state index in [2.05, 4.69) is 4.98 Å². The summed E-state index contributed by atoms with van der Waals surface area (Å²) < 4.78 is 5.76. The van der Waals surface area contributed by atoms with E-state index in [0.717, 1.165) is 0 Å². The fraction of sp³-hybridized carbons (Fsp3) is 0. The molecule has 0 saturated carbocycles. The minimum absolute atomic E-state index is 0.0207. The number of hydrogen-bond donors (Lipinski definition) is 1. The van der Waals surface area contributed by atoms with Crippen LogP contribution < -0.4 is 10.5 Å². The zero-order valence-electron chi connectivity index (χ0n) is 10.9. The number of pyridine rings is 1. The third-order valence-electron chi connectivity index (χ3n) is 3.04. The molecule has 3 rings (SSSR count). The Morgan fingerprint density at radius 1 is 1.14 bits per heavy atom. The Hall–Kier alpha value is -3.15. The molecule has 0 unspecified atom stereocenters. The van der Waals surface area contributed by atoms with Gasteiger partial charge in [0.1, 0.15) is 11.5 Å². The zero-order chi connectivity index (χ0) is 14.8. The average Bonchev–Trinajstić information content (AvgIpc) is 2.47. The van der Waals surface area contributed by atoms with Crippen molar-refractivity contribution in [1.29, 1.82) is 0 Å². The monoisotopic (exact) mass is 281 g/mol. The molecule has 21 heavy (non-hydrogen) atoms.